The van der Waals surface area contributed by atoms with Crippen molar-refractivity contribution in [1.29, 1.82) is 0 Å². The zero-order valence-corrected chi connectivity index (χ0v) is 10.5. The van der Waals surface area contributed by atoms with Gasteiger partial charge in [0.05, 0.1) is 0 Å². The van der Waals surface area contributed by atoms with E-state index in [1.165, 1.54) is 0 Å². The number of hydrogen-bond donors (Lipinski definition) is 2. The number of carboxylic acids is 1. The zero-order valence-electron chi connectivity index (χ0n) is 10.5. The van der Waals surface area contributed by atoms with Crippen LogP contribution < -0.4 is 5.32 Å². The van der Waals surface area contributed by atoms with Crippen molar-refractivity contribution in [2.24, 2.45) is 5.41 Å². The maximum atomic E-state index is 11.5. The van der Waals surface area contributed by atoms with Gasteiger partial charge in [0.2, 0.25) is 5.91 Å². The molecule has 16 heavy (non-hydrogen) atoms. The molecule has 0 bridgehead atoms. The quantitative estimate of drug-likeness (QED) is 0.657. The molecule has 0 fully saturated rings. The number of nitrogens with one attached hydrogen (secondary N) is 1. The van der Waals surface area contributed by atoms with E-state index in [-0.39, 0.29) is 17.7 Å². The van der Waals surface area contributed by atoms with E-state index in [1.54, 1.807) is 0 Å². The maximum absolute atomic E-state index is 11.5. The molecule has 0 aliphatic carbocycles. The number of carbonyl (C=O) groups is 2. The molecule has 94 valence electrons. The summed E-state index contributed by atoms with van der Waals surface area (Å²) in [6, 6.07) is 0. The molecule has 0 aliphatic rings. The summed E-state index contributed by atoms with van der Waals surface area (Å²) in [6.45, 7) is 6.34. The van der Waals surface area contributed by atoms with E-state index in [0.717, 1.165) is 25.7 Å². The van der Waals surface area contributed by atoms with Crippen molar-refractivity contribution in [2.45, 2.75) is 52.9 Å². The van der Waals surface area contributed by atoms with Crippen LogP contribution in [-0.2, 0) is 9.59 Å². The Morgan fingerprint density at radius 3 is 2.12 bits per heavy atom. The number of amides is 1. The Hall–Kier alpha value is -1.06. The third-order valence-corrected chi connectivity index (χ3v) is 2.28. The van der Waals surface area contributed by atoms with Crippen LogP contribution in [0, 0.1) is 5.41 Å². The van der Waals surface area contributed by atoms with E-state index < -0.39 is 5.97 Å². The first-order chi connectivity index (χ1) is 7.34. The predicted octanol–water partition coefficient (Wildman–Crippen LogP) is 2.18. The first kappa shape index (κ1) is 14.9. The highest BCUT2D eigenvalue weighted by atomic mass is 16.4. The van der Waals surface area contributed by atoms with Gasteiger partial charge in [0.1, 0.15) is 0 Å². The first-order valence-corrected chi connectivity index (χ1v) is 5.84. The summed E-state index contributed by atoms with van der Waals surface area (Å²) < 4.78 is 0. The van der Waals surface area contributed by atoms with Gasteiger partial charge in [0, 0.05) is 18.4 Å². The molecular formula is C12H23NO3. The largest absolute Gasteiger partial charge is 0.481 e. The minimum atomic E-state index is -0.735. The fraction of sp³-hybridized carbons (Fsp3) is 0.833. The molecule has 0 aromatic heterocycles. The average molecular weight is 229 g/mol. The number of aliphatic carboxylic acids is 1. The predicted molar refractivity (Wildman–Crippen MR) is 63.2 cm³/mol. The maximum Gasteiger partial charge on any atom is 0.303 e. The van der Waals surface area contributed by atoms with E-state index in [0.29, 0.717) is 6.54 Å². The first-order valence-electron chi connectivity index (χ1n) is 5.84. The lowest BCUT2D eigenvalue weighted by atomic mass is 9.96. The molecule has 2 N–H and O–H groups in total. The Labute approximate surface area is 97.4 Å². The van der Waals surface area contributed by atoms with Gasteiger partial charge in [-0.2, -0.15) is 0 Å². The van der Waals surface area contributed by atoms with Crippen LogP contribution in [0.15, 0.2) is 0 Å². The van der Waals surface area contributed by atoms with E-state index in [2.05, 4.69) is 5.32 Å². The van der Waals surface area contributed by atoms with Crippen LogP contribution in [0.25, 0.3) is 0 Å². The average Bonchev–Trinajstić information content (AvgIpc) is 2.14. The van der Waals surface area contributed by atoms with E-state index in [1.807, 2.05) is 20.8 Å². The Bertz CT molecular complexity index is 231. The van der Waals surface area contributed by atoms with Gasteiger partial charge in [-0.25, -0.2) is 0 Å². The van der Waals surface area contributed by atoms with Gasteiger partial charge in [-0.1, -0.05) is 33.6 Å². The second kappa shape index (κ2) is 7.25. The Morgan fingerprint density at radius 2 is 1.62 bits per heavy atom. The van der Waals surface area contributed by atoms with Crippen molar-refractivity contribution in [3.63, 3.8) is 0 Å². The lowest BCUT2D eigenvalue weighted by Gasteiger charge is -2.17. The normalized spacial score (nSPS) is 11.2. The molecule has 0 aromatic carbocycles. The minimum absolute atomic E-state index is 0.0676. The van der Waals surface area contributed by atoms with Crippen LogP contribution in [0.3, 0.4) is 0 Å². The molecule has 0 aliphatic heterocycles. The molecule has 0 saturated heterocycles. The fourth-order valence-electron chi connectivity index (χ4n) is 1.22. The Kier molecular flexibility index (Phi) is 6.77. The molecule has 0 aromatic rings. The van der Waals surface area contributed by atoms with Gasteiger partial charge in [0.15, 0.2) is 0 Å². The summed E-state index contributed by atoms with van der Waals surface area (Å²) in [5.41, 5.74) is -0.330. The van der Waals surface area contributed by atoms with Gasteiger partial charge in [-0.3, -0.25) is 9.59 Å². The Morgan fingerprint density at radius 1 is 1.06 bits per heavy atom. The van der Waals surface area contributed by atoms with Crippen LogP contribution in [0.5, 0.6) is 0 Å². The summed E-state index contributed by atoms with van der Waals surface area (Å²) in [5.74, 6) is -0.668. The lowest BCUT2D eigenvalue weighted by Crippen LogP contribution is -2.35. The number of hydrogen-bond acceptors (Lipinski definition) is 2. The van der Waals surface area contributed by atoms with Gasteiger partial charge in [-0.15, -0.1) is 0 Å². The molecule has 0 unspecified atom stereocenters. The third kappa shape index (κ3) is 8.26. The van der Waals surface area contributed by atoms with E-state index in [9.17, 15) is 9.59 Å². The second-order valence-corrected chi connectivity index (χ2v) is 5.06. The van der Waals surface area contributed by atoms with Crippen LogP contribution in [-0.4, -0.2) is 23.5 Å². The molecule has 0 heterocycles. The van der Waals surface area contributed by atoms with Crippen molar-refractivity contribution in [1.82, 2.24) is 5.32 Å². The third-order valence-electron chi connectivity index (χ3n) is 2.28. The molecule has 0 atom stereocenters. The molecule has 0 spiro atoms. The molecule has 4 heteroatoms. The Balaban J connectivity index is 3.34. The molecular weight excluding hydrogens is 206 g/mol. The summed E-state index contributed by atoms with van der Waals surface area (Å²) in [4.78, 5) is 21.7. The lowest BCUT2D eigenvalue weighted by molar-refractivity contribution is -0.137. The highest BCUT2D eigenvalue weighted by Gasteiger charge is 2.19. The molecule has 0 saturated carbocycles. The van der Waals surface area contributed by atoms with Gasteiger partial charge >= 0.3 is 5.97 Å². The van der Waals surface area contributed by atoms with E-state index in [4.69, 9.17) is 5.11 Å². The van der Waals surface area contributed by atoms with Gasteiger partial charge < -0.3 is 10.4 Å². The van der Waals surface area contributed by atoms with Crippen molar-refractivity contribution >= 4 is 11.9 Å². The standard InChI is InChI=1S/C12H23NO3/c1-12(2,3)11(16)13-9-7-5-4-6-8-10(14)15/h4-9H2,1-3H3,(H,13,16)(H,14,15). The summed E-state index contributed by atoms with van der Waals surface area (Å²) in [7, 11) is 0. The fourth-order valence-corrected chi connectivity index (χ4v) is 1.22. The molecule has 1 amide bonds. The summed E-state index contributed by atoms with van der Waals surface area (Å²) in [5, 5.41) is 11.3. The topological polar surface area (TPSA) is 66.4 Å². The van der Waals surface area contributed by atoms with Gasteiger partial charge in [-0.05, 0) is 12.8 Å². The number of rotatable bonds is 7. The van der Waals surface area contributed by atoms with Crippen molar-refractivity contribution < 1.29 is 14.7 Å². The summed E-state index contributed by atoms with van der Waals surface area (Å²) in [6.07, 6.45) is 3.77. The highest BCUT2D eigenvalue weighted by molar-refractivity contribution is 5.81. The second-order valence-electron chi connectivity index (χ2n) is 5.06. The summed E-state index contributed by atoms with van der Waals surface area (Å²) >= 11 is 0. The SMILES string of the molecule is CC(C)(C)C(=O)NCCCCCCC(=O)O. The van der Waals surface area contributed by atoms with Crippen LogP contribution in [0.4, 0.5) is 0 Å². The monoisotopic (exact) mass is 229 g/mol. The van der Waals surface area contributed by atoms with Crippen molar-refractivity contribution in [3.05, 3.63) is 0 Å². The van der Waals surface area contributed by atoms with Crippen molar-refractivity contribution in [3.8, 4) is 0 Å². The van der Waals surface area contributed by atoms with E-state index >= 15 is 0 Å². The van der Waals surface area contributed by atoms with Gasteiger partial charge in [0.25, 0.3) is 0 Å². The van der Waals surface area contributed by atoms with Crippen LogP contribution in [0.1, 0.15) is 52.9 Å². The smallest absolute Gasteiger partial charge is 0.303 e. The van der Waals surface area contributed by atoms with Crippen LogP contribution >= 0.6 is 0 Å². The minimum Gasteiger partial charge on any atom is -0.481 e. The van der Waals surface area contributed by atoms with Crippen LogP contribution in [0.2, 0.25) is 0 Å². The molecule has 0 radical (unpaired) electrons. The molecule has 0 rings (SSSR count). The highest BCUT2D eigenvalue weighted by Crippen LogP contribution is 2.12. The van der Waals surface area contributed by atoms with Crippen molar-refractivity contribution in [2.75, 3.05) is 6.54 Å². The molecule has 4 nitrogen and oxygen atoms in total. The number of unbranched alkanes of at least 4 members (excludes halogenated alkanes) is 3. The number of carboxylic acid groups (broad SMARTS) is 1. The zero-order chi connectivity index (χ0) is 12.6. The number of carbonyl (C=O) groups excluding carboxylic acids is 1.